The van der Waals surface area contributed by atoms with Gasteiger partial charge in [0, 0.05) is 0 Å². The predicted molar refractivity (Wildman–Crippen MR) is 67.0 cm³/mol. The summed E-state index contributed by atoms with van der Waals surface area (Å²) >= 11 is 0. The van der Waals surface area contributed by atoms with Gasteiger partial charge in [0.25, 0.3) is 10.1 Å². The fraction of sp³-hybridized carbons (Fsp3) is 0. The van der Waals surface area contributed by atoms with Crippen LogP contribution in [0.15, 0.2) is 29.2 Å². The van der Waals surface area contributed by atoms with E-state index >= 15 is 0 Å². The molecule has 0 heterocycles. The van der Waals surface area contributed by atoms with Crippen LogP contribution in [-0.4, -0.2) is 102 Å². The van der Waals surface area contributed by atoms with E-state index in [0.29, 0.717) is 0 Å². The van der Waals surface area contributed by atoms with E-state index in [0.717, 1.165) is 5.30 Å². The molecule has 1 aromatic carbocycles. The first-order chi connectivity index (χ1) is 5.00. The molecule has 0 aliphatic heterocycles. The molecule has 0 radical (unpaired) electrons. The van der Waals surface area contributed by atoms with Crippen molar-refractivity contribution in [1.29, 1.82) is 0 Å². The standard InChI is InChI=1S/C6H7O3PS.3Na.3H/c7-11(8,9)6-3-1-5(10)2-4-6;;;;;;/h1-4H,10H2,(H,7,8,9);;;;;;. The molecule has 0 saturated heterocycles. The summed E-state index contributed by atoms with van der Waals surface area (Å²) in [7, 11) is -1.61. The topological polar surface area (TPSA) is 54.4 Å². The Hall–Kier alpha value is 2.56. The Balaban J connectivity index is -0.000000403. The summed E-state index contributed by atoms with van der Waals surface area (Å²) < 4.78 is 29.5. The van der Waals surface area contributed by atoms with Crippen LogP contribution in [-0.2, 0) is 10.1 Å². The average Bonchev–Trinajstić information content (AvgIpc) is 1.86. The van der Waals surface area contributed by atoms with Crippen LogP contribution >= 0.6 is 9.24 Å². The first kappa shape index (κ1) is 21.8. The average molecular weight is 262 g/mol. The molecule has 0 aromatic heterocycles. The predicted octanol–water partition coefficient (Wildman–Crippen LogP) is -1.51. The maximum absolute atomic E-state index is 10.5. The molecular formula is C6H10Na3O3PS. The molecular weight excluding hydrogens is 252 g/mol. The number of hydrogen-bond donors (Lipinski definition) is 1. The van der Waals surface area contributed by atoms with E-state index in [4.69, 9.17) is 4.55 Å². The normalized spacial score (nSPS) is 9.00. The Labute approximate surface area is 153 Å². The fourth-order valence-electron chi connectivity index (χ4n) is 0.640. The summed E-state index contributed by atoms with van der Waals surface area (Å²) in [5.41, 5.74) is 0. The van der Waals surface area contributed by atoms with Crippen molar-refractivity contribution < 1.29 is 13.0 Å². The molecule has 0 aliphatic rings. The van der Waals surface area contributed by atoms with E-state index < -0.39 is 10.1 Å². The van der Waals surface area contributed by atoms with Gasteiger partial charge >= 0.3 is 88.7 Å². The van der Waals surface area contributed by atoms with Crippen molar-refractivity contribution in [2.24, 2.45) is 0 Å². The Bertz CT molecular complexity index is 351. The molecule has 0 aliphatic carbocycles. The number of rotatable bonds is 1. The van der Waals surface area contributed by atoms with Gasteiger partial charge in [0.1, 0.15) is 0 Å². The van der Waals surface area contributed by atoms with E-state index in [9.17, 15) is 8.42 Å². The van der Waals surface area contributed by atoms with E-state index in [1.165, 1.54) is 12.1 Å². The Morgan fingerprint density at radius 2 is 1.36 bits per heavy atom. The van der Waals surface area contributed by atoms with Gasteiger partial charge in [-0.3, -0.25) is 4.55 Å². The molecule has 0 amide bonds. The number of hydrogen-bond acceptors (Lipinski definition) is 2. The van der Waals surface area contributed by atoms with Gasteiger partial charge in [-0.05, 0) is 17.4 Å². The quantitative estimate of drug-likeness (QED) is 0.380. The third-order valence-electron chi connectivity index (χ3n) is 1.18. The Kier molecular flexibility index (Phi) is 14.9. The summed E-state index contributed by atoms with van der Waals surface area (Å²) in [6.07, 6.45) is 0. The van der Waals surface area contributed by atoms with E-state index in [1.54, 1.807) is 12.1 Å². The van der Waals surface area contributed by atoms with Gasteiger partial charge in [0.15, 0.2) is 0 Å². The van der Waals surface area contributed by atoms with Crippen LogP contribution in [0.1, 0.15) is 0 Å². The molecule has 0 spiro atoms. The first-order valence-corrected chi connectivity index (χ1v) is 4.85. The van der Waals surface area contributed by atoms with E-state index in [1.807, 2.05) is 0 Å². The molecule has 1 rings (SSSR count). The van der Waals surface area contributed by atoms with Gasteiger partial charge in [-0.1, -0.05) is 12.1 Å². The minimum absolute atomic E-state index is 0. The van der Waals surface area contributed by atoms with Crippen LogP contribution in [0.5, 0.6) is 0 Å². The van der Waals surface area contributed by atoms with Gasteiger partial charge in [-0.2, -0.15) is 8.42 Å². The molecule has 0 saturated carbocycles. The zero-order chi connectivity index (χ0) is 8.48. The van der Waals surface area contributed by atoms with Crippen LogP contribution in [0.25, 0.3) is 0 Å². The van der Waals surface area contributed by atoms with Gasteiger partial charge in [-0.25, -0.2) is 0 Å². The van der Waals surface area contributed by atoms with Gasteiger partial charge < -0.3 is 0 Å². The summed E-state index contributed by atoms with van der Waals surface area (Å²) in [5.74, 6) is 0. The third kappa shape index (κ3) is 7.77. The molecule has 3 nitrogen and oxygen atoms in total. The molecule has 1 unspecified atom stereocenters. The van der Waals surface area contributed by atoms with Crippen LogP contribution in [0, 0.1) is 0 Å². The molecule has 14 heavy (non-hydrogen) atoms. The van der Waals surface area contributed by atoms with Crippen molar-refractivity contribution in [3.63, 3.8) is 0 Å². The van der Waals surface area contributed by atoms with Gasteiger partial charge in [0.2, 0.25) is 0 Å². The second kappa shape index (κ2) is 9.58. The second-order valence-corrected chi connectivity index (χ2v) is 4.13. The molecule has 1 N–H and O–H groups in total. The van der Waals surface area contributed by atoms with E-state index in [2.05, 4.69) is 9.24 Å². The molecule has 0 fully saturated rings. The van der Waals surface area contributed by atoms with E-state index in [-0.39, 0.29) is 93.6 Å². The summed E-state index contributed by atoms with van der Waals surface area (Å²) in [6.45, 7) is 0. The second-order valence-electron chi connectivity index (χ2n) is 2.04. The van der Waals surface area contributed by atoms with Crippen LogP contribution < -0.4 is 5.30 Å². The van der Waals surface area contributed by atoms with Crippen LogP contribution in [0.2, 0.25) is 0 Å². The molecule has 1 atom stereocenters. The van der Waals surface area contributed by atoms with Crippen molar-refractivity contribution in [2.75, 3.05) is 0 Å². The van der Waals surface area contributed by atoms with Crippen molar-refractivity contribution in [3.8, 4) is 0 Å². The van der Waals surface area contributed by atoms with Crippen molar-refractivity contribution >= 4 is 113 Å². The van der Waals surface area contributed by atoms with Crippen molar-refractivity contribution in [2.45, 2.75) is 4.90 Å². The zero-order valence-corrected chi connectivity index (χ0v) is 7.53. The molecule has 1 aromatic rings. The number of benzene rings is 1. The van der Waals surface area contributed by atoms with Gasteiger partial charge in [0.05, 0.1) is 4.90 Å². The molecule has 8 heteroatoms. The Morgan fingerprint density at radius 1 is 1.00 bits per heavy atom. The minimum atomic E-state index is -4.03. The molecule has 66 valence electrons. The third-order valence-corrected chi connectivity index (χ3v) is 2.43. The summed E-state index contributed by atoms with van der Waals surface area (Å²) in [4.78, 5) is -0.0799. The summed E-state index contributed by atoms with van der Waals surface area (Å²) in [6, 6.07) is 5.87. The monoisotopic (exact) mass is 262 g/mol. The van der Waals surface area contributed by atoms with Crippen molar-refractivity contribution in [1.82, 2.24) is 0 Å². The zero-order valence-electron chi connectivity index (χ0n) is 5.56. The SMILES string of the molecule is O=S(=O)(O)c1ccc(P)cc1.[NaH].[NaH].[NaH]. The van der Waals surface area contributed by atoms with Crippen LogP contribution in [0.4, 0.5) is 0 Å². The Morgan fingerprint density at radius 3 is 1.64 bits per heavy atom. The van der Waals surface area contributed by atoms with Crippen molar-refractivity contribution in [3.05, 3.63) is 24.3 Å². The molecule has 0 bridgehead atoms. The van der Waals surface area contributed by atoms with Gasteiger partial charge in [-0.15, -0.1) is 9.24 Å². The first-order valence-electron chi connectivity index (χ1n) is 2.83. The maximum atomic E-state index is 10.5. The fourth-order valence-corrected chi connectivity index (χ4v) is 1.31. The van der Waals surface area contributed by atoms with Crippen LogP contribution in [0.3, 0.4) is 0 Å². The summed E-state index contributed by atoms with van der Waals surface area (Å²) in [5, 5.41) is 0.873.